The molecule has 206 valence electrons. The number of benzene rings is 1. The minimum Gasteiger partial charge on any atom is -0.478 e. The highest BCUT2D eigenvalue weighted by molar-refractivity contribution is 5.91. The third-order valence-corrected chi connectivity index (χ3v) is 6.88. The molecule has 0 heterocycles. The fourth-order valence-corrected chi connectivity index (χ4v) is 4.55. The molecule has 7 heteroatoms. The van der Waals surface area contributed by atoms with Gasteiger partial charge in [0.05, 0.1) is 12.1 Å². The van der Waals surface area contributed by atoms with Crippen molar-refractivity contribution in [3.63, 3.8) is 0 Å². The fraction of sp³-hybridized carbons (Fsp3) is 0.567. The Morgan fingerprint density at radius 2 is 1.51 bits per heavy atom. The summed E-state index contributed by atoms with van der Waals surface area (Å²) in [6, 6.07) is 8.23. The molecule has 0 saturated heterocycles. The van der Waals surface area contributed by atoms with E-state index >= 15 is 0 Å². The maximum Gasteiger partial charge on any atom is 0.331 e. The van der Waals surface area contributed by atoms with Gasteiger partial charge in [-0.3, -0.25) is 9.59 Å². The second kappa shape index (κ2) is 13.0. The number of rotatable bonds is 11. The van der Waals surface area contributed by atoms with Crippen LogP contribution in [0.15, 0.2) is 53.6 Å². The van der Waals surface area contributed by atoms with Crippen molar-refractivity contribution in [2.75, 3.05) is 14.1 Å². The van der Waals surface area contributed by atoms with E-state index in [1.807, 2.05) is 91.8 Å². The van der Waals surface area contributed by atoms with Gasteiger partial charge in [0.15, 0.2) is 0 Å². The van der Waals surface area contributed by atoms with Gasteiger partial charge in [0.1, 0.15) is 6.04 Å². The maximum atomic E-state index is 13.9. The molecule has 0 radical (unpaired) electrons. The number of aliphatic carboxylic acids is 1. The predicted molar refractivity (Wildman–Crippen MR) is 150 cm³/mol. The average molecular weight is 514 g/mol. The molecule has 3 N–H and O–H groups in total. The monoisotopic (exact) mass is 513 g/mol. The summed E-state index contributed by atoms with van der Waals surface area (Å²) < 4.78 is 0. The van der Waals surface area contributed by atoms with Gasteiger partial charge >= 0.3 is 5.97 Å². The molecule has 37 heavy (non-hydrogen) atoms. The highest BCUT2D eigenvalue weighted by Crippen LogP contribution is 2.29. The SMILES string of the molecule is CNC(C(=O)NC(C(=O)N(C)C(/C=C(C)/C=C(\C)C(=O)O)C(C)C)C(C)(C)C)C(C)(C)c1ccccc1. The summed E-state index contributed by atoms with van der Waals surface area (Å²) >= 11 is 0. The summed E-state index contributed by atoms with van der Waals surface area (Å²) in [5.41, 5.74) is 0.937. The Morgan fingerprint density at radius 1 is 0.973 bits per heavy atom. The number of nitrogens with one attached hydrogen (secondary N) is 2. The molecular weight excluding hydrogens is 466 g/mol. The van der Waals surface area contributed by atoms with Crippen molar-refractivity contribution in [1.29, 1.82) is 0 Å². The second-order valence-electron chi connectivity index (χ2n) is 11.8. The number of likely N-dealkylation sites (N-methyl/N-ethyl adjacent to an activating group) is 2. The van der Waals surface area contributed by atoms with Gasteiger partial charge in [0.2, 0.25) is 11.8 Å². The van der Waals surface area contributed by atoms with E-state index in [0.29, 0.717) is 0 Å². The normalized spacial score (nSPS) is 15.7. The minimum atomic E-state index is -0.980. The first-order valence-electron chi connectivity index (χ1n) is 12.8. The zero-order valence-electron chi connectivity index (χ0n) is 24.5. The largest absolute Gasteiger partial charge is 0.478 e. The predicted octanol–water partition coefficient (Wildman–Crippen LogP) is 4.54. The molecule has 0 saturated carbocycles. The molecule has 2 amide bonds. The first-order valence-corrected chi connectivity index (χ1v) is 12.8. The van der Waals surface area contributed by atoms with Gasteiger partial charge in [-0.15, -0.1) is 0 Å². The van der Waals surface area contributed by atoms with Crippen LogP contribution in [0.25, 0.3) is 0 Å². The number of nitrogens with zero attached hydrogens (tertiary/aromatic N) is 1. The Kier molecular flexibility index (Phi) is 11.3. The highest BCUT2D eigenvalue weighted by Gasteiger charge is 2.41. The van der Waals surface area contributed by atoms with Crippen LogP contribution in [0.4, 0.5) is 0 Å². The molecule has 0 aliphatic carbocycles. The number of hydrogen-bond donors (Lipinski definition) is 3. The summed E-state index contributed by atoms with van der Waals surface area (Å²) in [4.78, 5) is 40.4. The molecule has 0 aromatic heterocycles. The van der Waals surface area contributed by atoms with Crippen LogP contribution in [0, 0.1) is 11.3 Å². The minimum absolute atomic E-state index is 0.0702. The van der Waals surface area contributed by atoms with E-state index in [0.717, 1.165) is 11.1 Å². The molecular formula is C30H47N3O4. The van der Waals surface area contributed by atoms with Gasteiger partial charge in [-0.05, 0) is 43.9 Å². The summed E-state index contributed by atoms with van der Waals surface area (Å²) in [6.45, 7) is 17.2. The molecule has 1 rings (SSSR count). The van der Waals surface area contributed by atoms with Gasteiger partial charge in [-0.2, -0.15) is 0 Å². The molecule has 3 atom stereocenters. The van der Waals surface area contributed by atoms with E-state index in [4.69, 9.17) is 0 Å². The van der Waals surface area contributed by atoms with Crippen LogP contribution in [0.3, 0.4) is 0 Å². The quantitative estimate of drug-likeness (QED) is 0.298. The molecule has 0 spiro atoms. The third kappa shape index (κ3) is 8.56. The molecule has 0 aliphatic heterocycles. The molecule has 3 unspecified atom stereocenters. The summed E-state index contributed by atoms with van der Waals surface area (Å²) in [6.07, 6.45) is 3.51. The molecule has 0 aliphatic rings. The first kappa shape index (κ1) is 32.1. The number of carboxylic acids is 1. The third-order valence-electron chi connectivity index (χ3n) is 6.88. The Balaban J connectivity index is 3.32. The number of allylic oxidation sites excluding steroid dienone is 2. The zero-order valence-corrected chi connectivity index (χ0v) is 24.5. The van der Waals surface area contributed by atoms with Crippen molar-refractivity contribution < 1.29 is 19.5 Å². The van der Waals surface area contributed by atoms with E-state index in [1.54, 1.807) is 32.0 Å². The lowest BCUT2D eigenvalue weighted by Crippen LogP contribution is -2.61. The number of carboxylic acid groups (broad SMARTS) is 1. The van der Waals surface area contributed by atoms with Crippen LogP contribution in [-0.2, 0) is 19.8 Å². The lowest BCUT2D eigenvalue weighted by atomic mass is 9.76. The second-order valence-corrected chi connectivity index (χ2v) is 11.8. The Morgan fingerprint density at radius 3 is 1.95 bits per heavy atom. The van der Waals surface area contributed by atoms with Crippen molar-refractivity contribution in [3.8, 4) is 0 Å². The average Bonchev–Trinajstić information content (AvgIpc) is 2.79. The molecule has 7 nitrogen and oxygen atoms in total. The van der Waals surface area contributed by atoms with Crippen LogP contribution >= 0.6 is 0 Å². The molecule has 1 aromatic carbocycles. The standard InChI is InChI=1S/C30H47N3O4/c1-19(2)23(18-20(3)17-21(4)28(36)37)33(11)27(35)25(29(5,6)7)32-26(34)24(31-10)30(8,9)22-15-13-12-14-16-22/h12-19,23-25,31H,1-11H3,(H,32,34)(H,36,37)/b20-18+,21-17+. The van der Waals surface area contributed by atoms with E-state index < -0.39 is 28.9 Å². The van der Waals surface area contributed by atoms with Crippen molar-refractivity contribution in [2.24, 2.45) is 11.3 Å². The van der Waals surface area contributed by atoms with Crippen LogP contribution < -0.4 is 10.6 Å². The van der Waals surface area contributed by atoms with Crippen molar-refractivity contribution >= 4 is 17.8 Å². The van der Waals surface area contributed by atoms with Gasteiger partial charge in [-0.25, -0.2) is 4.79 Å². The number of carbonyl (C=O) groups excluding carboxylic acids is 2. The van der Waals surface area contributed by atoms with Gasteiger partial charge in [-0.1, -0.05) is 90.4 Å². The van der Waals surface area contributed by atoms with Crippen molar-refractivity contribution in [1.82, 2.24) is 15.5 Å². The van der Waals surface area contributed by atoms with Crippen molar-refractivity contribution in [2.45, 2.75) is 85.9 Å². The van der Waals surface area contributed by atoms with Gasteiger partial charge < -0.3 is 20.6 Å². The van der Waals surface area contributed by atoms with E-state index in [2.05, 4.69) is 10.6 Å². The van der Waals surface area contributed by atoms with E-state index in [9.17, 15) is 19.5 Å². The fourth-order valence-electron chi connectivity index (χ4n) is 4.55. The number of hydrogen-bond acceptors (Lipinski definition) is 4. The molecule has 1 aromatic rings. The summed E-state index contributed by atoms with van der Waals surface area (Å²) in [5.74, 6) is -1.35. The lowest BCUT2D eigenvalue weighted by molar-refractivity contribution is -0.140. The number of carbonyl (C=O) groups is 3. The van der Waals surface area contributed by atoms with Crippen LogP contribution in [0.1, 0.15) is 67.9 Å². The highest BCUT2D eigenvalue weighted by atomic mass is 16.4. The summed E-state index contributed by atoms with van der Waals surface area (Å²) in [5, 5.41) is 15.4. The lowest BCUT2D eigenvalue weighted by Gasteiger charge is -2.40. The van der Waals surface area contributed by atoms with Gasteiger partial charge in [0, 0.05) is 18.0 Å². The Bertz CT molecular complexity index is 1000. The Labute approximate surface area is 223 Å². The van der Waals surface area contributed by atoms with E-state index in [-0.39, 0.29) is 29.3 Å². The van der Waals surface area contributed by atoms with Gasteiger partial charge in [0.25, 0.3) is 0 Å². The van der Waals surface area contributed by atoms with Crippen LogP contribution in [0.5, 0.6) is 0 Å². The number of amides is 2. The summed E-state index contributed by atoms with van der Waals surface area (Å²) in [7, 11) is 3.49. The van der Waals surface area contributed by atoms with Crippen molar-refractivity contribution in [3.05, 3.63) is 59.2 Å². The first-order chi connectivity index (χ1) is 16.9. The Hall–Kier alpha value is -2.93. The van der Waals surface area contributed by atoms with Crippen LogP contribution in [-0.4, -0.2) is 60.0 Å². The zero-order chi connectivity index (χ0) is 28.7. The van der Waals surface area contributed by atoms with Crippen LogP contribution in [0.2, 0.25) is 0 Å². The molecule has 0 fully saturated rings. The maximum absolute atomic E-state index is 13.9. The van der Waals surface area contributed by atoms with E-state index in [1.165, 1.54) is 0 Å². The molecule has 0 bridgehead atoms. The topological polar surface area (TPSA) is 98.7 Å². The smallest absolute Gasteiger partial charge is 0.331 e.